The average molecular weight is 210 g/mol. The zero-order valence-corrected chi connectivity index (χ0v) is 8.54. The molecule has 1 atom stereocenters. The van der Waals surface area contributed by atoms with Crippen LogP contribution >= 0.6 is 0 Å². The fourth-order valence-electron chi connectivity index (χ4n) is 1.71. The molecule has 1 aromatic carbocycles. The highest BCUT2D eigenvalue weighted by Gasteiger charge is 2.33. The minimum Gasteiger partial charge on any atom is -0.298 e. The van der Waals surface area contributed by atoms with Crippen molar-refractivity contribution in [1.82, 2.24) is 0 Å². The monoisotopic (exact) mass is 210 g/mol. The minimum absolute atomic E-state index is 0.328. The number of carbonyl (C=O) groups is 1. The van der Waals surface area contributed by atoms with Crippen molar-refractivity contribution >= 4 is 16.1 Å². The lowest BCUT2D eigenvalue weighted by Crippen LogP contribution is -2.11. The molecule has 0 saturated heterocycles. The summed E-state index contributed by atoms with van der Waals surface area (Å²) in [5.74, 6) is 0. The Morgan fingerprint density at radius 2 is 2.14 bits per heavy atom. The second-order valence-corrected chi connectivity index (χ2v) is 5.88. The van der Waals surface area contributed by atoms with Gasteiger partial charge in [0, 0.05) is 5.56 Å². The highest BCUT2D eigenvalue weighted by Crippen LogP contribution is 2.31. The molecular formula is C10H10O3S. The maximum absolute atomic E-state index is 11.7. The van der Waals surface area contributed by atoms with E-state index in [1.807, 2.05) is 0 Å². The van der Waals surface area contributed by atoms with Crippen LogP contribution in [-0.4, -0.2) is 20.0 Å². The van der Waals surface area contributed by atoms with Crippen LogP contribution in [0.2, 0.25) is 0 Å². The van der Waals surface area contributed by atoms with Crippen molar-refractivity contribution in [1.29, 1.82) is 0 Å². The van der Waals surface area contributed by atoms with Gasteiger partial charge in [0.15, 0.2) is 9.84 Å². The zero-order valence-electron chi connectivity index (χ0n) is 7.73. The normalized spacial score (nSPS) is 23.1. The van der Waals surface area contributed by atoms with Crippen LogP contribution in [0.25, 0.3) is 0 Å². The fourth-order valence-corrected chi connectivity index (χ4v) is 3.36. The number of rotatable bonds is 1. The first-order chi connectivity index (χ1) is 6.55. The first kappa shape index (κ1) is 9.40. The van der Waals surface area contributed by atoms with Crippen LogP contribution in [0.3, 0.4) is 0 Å². The molecule has 14 heavy (non-hydrogen) atoms. The predicted molar refractivity (Wildman–Crippen MR) is 52.2 cm³/mol. The molecule has 0 bridgehead atoms. The Balaban J connectivity index is 2.68. The van der Waals surface area contributed by atoms with Crippen LogP contribution in [-0.2, 0) is 16.3 Å². The van der Waals surface area contributed by atoms with E-state index in [1.165, 1.54) is 6.07 Å². The molecule has 0 fully saturated rings. The van der Waals surface area contributed by atoms with Crippen molar-refractivity contribution in [3.8, 4) is 0 Å². The molecule has 0 aromatic heterocycles. The standard InChI is InChI=1S/C10H10O3S/c1-7-4-9-3-2-8(6-11)5-10(9)14(7,12)13/h2-3,5-7H,4H2,1H3. The van der Waals surface area contributed by atoms with Crippen LogP contribution in [0, 0.1) is 0 Å². The smallest absolute Gasteiger partial charge is 0.181 e. The third kappa shape index (κ3) is 1.18. The summed E-state index contributed by atoms with van der Waals surface area (Å²) in [6.45, 7) is 1.69. The summed E-state index contributed by atoms with van der Waals surface area (Å²) >= 11 is 0. The Morgan fingerprint density at radius 1 is 1.43 bits per heavy atom. The number of aldehydes is 1. The lowest BCUT2D eigenvalue weighted by molar-refractivity contribution is 0.112. The van der Waals surface area contributed by atoms with Crippen LogP contribution < -0.4 is 0 Å². The summed E-state index contributed by atoms with van der Waals surface area (Å²) in [7, 11) is -3.18. The molecule has 2 rings (SSSR count). The lowest BCUT2D eigenvalue weighted by Gasteiger charge is -2.00. The largest absolute Gasteiger partial charge is 0.298 e. The van der Waals surface area contributed by atoms with Gasteiger partial charge in [0.1, 0.15) is 6.29 Å². The summed E-state index contributed by atoms with van der Waals surface area (Å²) in [6.07, 6.45) is 1.22. The number of benzene rings is 1. The molecular weight excluding hydrogens is 200 g/mol. The number of sulfone groups is 1. The molecule has 1 aromatic rings. The predicted octanol–water partition coefficient (Wildman–Crippen LogP) is 1.22. The van der Waals surface area contributed by atoms with Gasteiger partial charge in [-0.15, -0.1) is 0 Å². The van der Waals surface area contributed by atoms with Crippen LogP contribution in [0.15, 0.2) is 23.1 Å². The molecule has 0 spiro atoms. The van der Waals surface area contributed by atoms with E-state index in [-0.39, 0.29) is 5.25 Å². The number of hydrogen-bond acceptors (Lipinski definition) is 3. The molecule has 0 aliphatic carbocycles. The molecule has 0 amide bonds. The zero-order chi connectivity index (χ0) is 10.3. The third-order valence-electron chi connectivity index (χ3n) is 2.57. The van der Waals surface area contributed by atoms with E-state index in [2.05, 4.69) is 0 Å². The molecule has 1 heterocycles. The van der Waals surface area contributed by atoms with E-state index in [1.54, 1.807) is 19.1 Å². The molecule has 3 nitrogen and oxygen atoms in total. The molecule has 1 aliphatic heterocycles. The first-order valence-electron chi connectivity index (χ1n) is 4.37. The quantitative estimate of drug-likeness (QED) is 0.655. The number of fused-ring (bicyclic) bond motifs is 1. The van der Waals surface area contributed by atoms with E-state index in [0.29, 0.717) is 23.2 Å². The van der Waals surface area contributed by atoms with Gasteiger partial charge in [-0.3, -0.25) is 4.79 Å². The molecule has 0 saturated carbocycles. The van der Waals surface area contributed by atoms with Crippen molar-refractivity contribution in [3.63, 3.8) is 0 Å². The SMILES string of the molecule is CC1Cc2ccc(C=O)cc2S1(=O)=O. The van der Waals surface area contributed by atoms with Gasteiger partial charge in [0.25, 0.3) is 0 Å². The highest BCUT2D eigenvalue weighted by molar-refractivity contribution is 7.92. The molecule has 0 radical (unpaired) electrons. The van der Waals surface area contributed by atoms with Crippen LogP contribution in [0.4, 0.5) is 0 Å². The topological polar surface area (TPSA) is 51.2 Å². The summed E-state index contributed by atoms with van der Waals surface area (Å²) < 4.78 is 23.5. The number of carbonyl (C=O) groups excluding carboxylic acids is 1. The first-order valence-corrected chi connectivity index (χ1v) is 5.92. The fraction of sp³-hybridized carbons (Fsp3) is 0.300. The van der Waals surface area contributed by atoms with Gasteiger partial charge in [-0.2, -0.15) is 0 Å². The number of hydrogen-bond donors (Lipinski definition) is 0. The van der Waals surface area contributed by atoms with Crippen molar-refractivity contribution < 1.29 is 13.2 Å². The van der Waals surface area contributed by atoms with E-state index in [0.717, 1.165) is 5.56 Å². The van der Waals surface area contributed by atoms with Gasteiger partial charge >= 0.3 is 0 Å². The van der Waals surface area contributed by atoms with Crippen molar-refractivity contribution in [3.05, 3.63) is 29.3 Å². The molecule has 4 heteroatoms. The van der Waals surface area contributed by atoms with Gasteiger partial charge in [0.2, 0.25) is 0 Å². The maximum atomic E-state index is 11.7. The Kier molecular flexibility index (Phi) is 1.96. The van der Waals surface area contributed by atoms with E-state index in [9.17, 15) is 13.2 Å². The Bertz CT molecular complexity index is 488. The van der Waals surface area contributed by atoms with Crippen molar-refractivity contribution in [2.45, 2.75) is 23.5 Å². The summed E-state index contributed by atoms with van der Waals surface area (Å²) in [6, 6.07) is 4.83. The molecule has 1 aliphatic rings. The van der Waals surface area contributed by atoms with Gasteiger partial charge in [-0.25, -0.2) is 8.42 Å². The van der Waals surface area contributed by atoms with E-state index < -0.39 is 9.84 Å². The van der Waals surface area contributed by atoms with Gasteiger partial charge in [-0.1, -0.05) is 12.1 Å². The summed E-state index contributed by atoms with van der Waals surface area (Å²) in [5, 5.41) is -0.362. The minimum atomic E-state index is -3.18. The van der Waals surface area contributed by atoms with Crippen LogP contribution in [0.5, 0.6) is 0 Å². The van der Waals surface area contributed by atoms with E-state index in [4.69, 9.17) is 0 Å². The second kappa shape index (κ2) is 2.92. The maximum Gasteiger partial charge on any atom is 0.181 e. The Hall–Kier alpha value is -1.16. The highest BCUT2D eigenvalue weighted by atomic mass is 32.2. The van der Waals surface area contributed by atoms with E-state index >= 15 is 0 Å². The van der Waals surface area contributed by atoms with Crippen LogP contribution in [0.1, 0.15) is 22.8 Å². The van der Waals surface area contributed by atoms with Gasteiger partial charge < -0.3 is 0 Å². The van der Waals surface area contributed by atoms with Gasteiger partial charge in [0.05, 0.1) is 10.1 Å². The van der Waals surface area contributed by atoms with Crippen molar-refractivity contribution in [2.24, 2.45) is 0 Å². The molecule has 74 valence electrons. The average Bonchev–Trinajstić information content (AvgIpc) is 2.38. The molecule has 0 N–H and O–H groups in total. The van der Waals surface area contributed by atoms with Crippen molar-refractivity contribution in [2.75, 3.05) is 0 Å². The lowest BCUT2D eigenvalue weighted by atomic mass is 10.1. The third-order valence-corrected chi connectivity index (χ3v) is 4.79. The second-order valence-electron chi connectivity index (χ2n) is 3.54. The summed E-state index contributed by atoms with van der Waals surface area (Å²) in [5.41, 5.74) is 1.24. The summed E-state index contributed by atoms with van der Waals surface area (Å²) in [4.78, 5) is 10.8. The van der Waals surface area contributed by atoms with Gasteiger partial charge in [-0.05, 0) is 25.0 Å². The Morgan fingerprint density at radius 3 is 2.79 bits per heavy atom. The molecule has 1 unspecified atom stereocenters. The Labute approximate surface area is 82.7 Å².